The Balaban J connectivity index is 2.21. The van der Waals surface area contributed by atoms with E-state index in [2.05, 4.69) is 29.0 Å². The van der Waals surface area contributed by atoms with Crippen molar-refractivity contribution < 1.29 is 5.21 Å². The lowest BCUT2D eigenvalue weighted by Crippen LogP contribution is -2.39. The van der Waals surface area contributed by atoms with Crippen molar-refractivity contribution in [2.75, 3.05) is 11.9 Å². The van der Waals surface area contributed by atoms with Crippen LogP contribution in [-0.2, 0) is 0 Å². The van der Waals surface area contributed by atoms with E-state index in [0.29, 0.717) is 17.7 Å². The van der Waals surface area contributed by atoms with Crippen LogP contribution in [0, 0.1) is 5.92 Å². The molecule has 0 aliphatic heterocycles. The van der Waals surface area contributed by atoms with Gasteiger partial charge < -0.3 is 15.8 Å². The largest absolute Gasteiger partial charge is 0.409 e. The van der Waals surface area contributed by atoms with Gasteiger partial charge >= 0.3 is 0 Å². The number of nitrogens with zero attached hydrogens (tertiary/aromatic N) is 3. The number of rotatable bonds is 3. The molecule has 2 atom stereocenters. The van der Waals surface area contributed by atoms with Gasteiger partial charge in [-0.15, -0.1) is 0 Å². The van der Waals surface area contributed by atoms with Crippen LogP contribution in [0.15, 0.2) is 23.4 Å². The number of amidine groups is 1. The van der Waals surface area contributed by atoms with Gasteiger partial charge in [-0.05, 0) is 30.9 Å². The fourth-order valence-corrected chi connectivity index (χ4v) is 2.86. The van der Waals surface area contributed by atoms with Gasteiger partial charge in [0, 0.05) is 13.1 Å². The molecular weight excluding hydrogens is 240 g/mol. The molecule has 0 spiro atoms. The molecular formula is C14H22N4O. The standard InChI is InChI=1S/C14H22N4O/c1-10-6-3-4-8-12(10)18(2)13-9-5-7-11(16-13)14(15)17-19/h5,7,9-10,12,19H,3-4,6,8H2,1-2H3,(H2,15,17). The van der Waals surface area contributed by atoms with E-state index in [-0.39, 0.29) is 5.84 Å². The van der Waals surface area contributed by atoms with Crippen LogP contribution < -0.4 is 10.6 Å². The number of hydrogen-bond acceptors (Lipinski definition) is 4. The highest BCUT2D eigenvalue weighted by atomic mass is 16.4. The van der Waals surface area contributed by atoms with Crippen LogP contribution in [-0.4, -0.2) is 29.1 Å². The summed E-state index contributed by atoms with van der Waals surface area (Å²) in [4.78, 5) is 6.68. The van der Waals surface area contributed by atoms with E-state index < -0.39 is 0 Å². The quantitative estimate of drug-likeness (QED) is 0.379. The minimum Gasteiger partial charge on any atom is -0.409 e. The smallest absolute Gasteiger partial charge is 0.188 e. The number of nitrogens with two attached hydrogens (primary N) is 1. The van der Waals surface area contributed by atoms with E-state index in [1.807, 2.05) is 12.1 Å². The molecule has 0 bridgehead atoms. The maximum absolute atomic E-state index is 8.72. The first-order valence-electron chi connectivity index (χ1n) is 6.81. The van der Waals surface area contributed by atoms with Crippen LogP contribution in [0.1, 0.15) is 38.3 Å². The molecule has 3 N–H and O–H groups in total. The molecule has 1 heterocycles. The van der Waals surface area contributed by atoms with E-state index in [1.54, 1.807) is 6.07 Å². The fraction of sp³-hybridized carbons (Fsp3) is 0.571. The molecule has 0 saturated heterocycles. The molecule has 0 amide bonds. The van der Waals surface area contributed by atoms with Gasteiger partial charge in [-0.3, -0.25) is 0 Å². The SMILES string of the molecule is CC1CCCCC1N(C)c1cccc(C(N)=NO)n1. The Bertz CT molecular complexity index is 461. The van der Waals surface area contributed by atoms with Gasteiger partial charge in [0.15, 0.2) is 5.84 Å². The molecule has 5 nitrogen and oxygen atoms in total. The van der Waals surface area contributed by atoms with Crippen LogP contribution in [0.4, 0.5) is 5.82 Å². The maximum Gasteiger partial charge on any atom is 0.188 e. The average molecular weight is 262 g/mol. The summed E-state index contributed by atoms with van der Waals surface area (Å²) >= 11 is 0. The highest BCUT2D eigenvalue weighted by Crippen LogP contribution is 2.29. The zero-order valence-electron chi connectivity index (χ0n) is 11.6. The monoisotopic (exact) mass is 262 g/mol. The summed E-state index contributed by atoms with van der Waals surface area (Å²) in [6.45, 7) is 2.30. The zero-order chi connectivity index (χ0) is 13.8. The van der Waals surface area contributed by atoms with E-state index in [4.69, 9.17) is 10.9 Å². The zero-order valence-corrected chi connectivity index (χ0v) is 11.6. The van der Waals surface area contributed by atoms with Crippen molar-refractivity contribution in [3.8, 4) is 0 Å². The van der Waals surface area contributed by atoms with Crippen molar-refractivity contribution >= 4 is 11.7 Å². The number of oxime groups is 1. The Labute approximate surface area is 114 Å². The molecule has 1 aliphatic rings. The van der Waals surface area contributed by atoms with Gasteiger partial charge in [0.05, 0.1) is 0 Å². The number of anilines is 1. The number of hydrogen-bond donors (Lipinski definition) is 2. The predicted octanol–water partition coefficient (Wildman–Crippen LogP) is 2.19. The Kier molecular flexibility index (Phi) is 4.24. The Hall–Kier alpha value is -1.78. The third kappa shape index (κ3) is 2.97. The van der Waals surface area contributed by atoms with E-state index in [0.717, 1.165) is 5.82 Å². The molecule has 1 saturated carbocycles. The van der Waals surface area contributed by atoms with Crippen LogP contribution in [0.5, 0.6) is 0 Å². The molecule has 2 rings (SSSR count). The molecule has 5 heteroatoms. The van der Waals surface area contributed by atoms with Gasteiger partial charge in [-0.25, -0.2) is 4.98 Å². The predicted molar refractivity (Wildman–Crippen MR) is 76.6 cm³/mol. The molecule has 1 fully saturated rings. The van der Waals surface area contributed by atoms with Crippen molar-refractivity contribution in [2.24, 2.45) is 16.8 Å². The van der Waals surface area contributed by atoms with Crippen LogP contribution in [0.2, 0.25) is 0 Å². The fourth-order valence-electron chi connectivity index (χ4n) is 2.86. The van der Waals surface area contributed by atoms with Crippen LogP contribution in [0.3, 0.4) is 0 Å². The van der Waals surface area contributed by atoms with E-state index >= 15 is 0 Å². The molecule has 104 valence electrons. The van der Waals surface area contributed by atoms with Gasteiger partial charge in [-0.1, -0.05) is 31.0 Å². The summed E-state index contributed by atoms with van der Waals surface area (Å²) in [5.41, 5.74) is 6.10. The van der Waals surface area contributed by atoms with Gasteiger partial charge in [0.1, 0.15) is 11.5 Å². The first-order chi connectivity index (χ1) is 9.13. The van der Waals surface area contributed by atoms with Gasteiger partial charge in [0.25, 0.3) is 0 Å². The van der Waals surface area contributed by atoms with Crippen molar-refractivity contribution in [1.29, 1.82) is 0 Å². The summed E-state index contributed by atoms with van der Waals surface area (Å²) in [7, 11) is 2.07. The lowest BCUT2D eigenvalue weighted by atomic mass is 9.85. The first kappa shape index (κ1) is 13.6. The first-order valence-corrected chi connectivity index (χ1v) is 6.81. The highest BCUT2D eigenvalue weighted by molar-refractivity contribution is 5.95. The summed E-state index contributed by atoms with van der Waals surface area (Å²) in [5.74, 6) is 1.60. The Morgan fingerprint density at radius 2 is 2.16 bits per heavy atom. The second-order valence-electron chi connectivity index (χ2n) is 5.31. The van der Waals surface area contributed by atoms with Crippen LogP contribution >= 0.6 is 0 Å². The minimum absolute atomic E-state index is 0.0481. The Morgan fingerprint density at radius 3 is 2.84 bits per heavy atom. The molecule has 1 aromatic heterocycles. The summed E-state index contributed by atoms with van der Waals surface area (Å²) in [6, 6.07) is 6.12. The normalized spacial score (nSPS) is 24.2. The maximum atomic E-state index is 8.72. The molecule has 1 aliphatic carbocycles. The van der Waals surface area contributed by atoms with Crippen molar-refractivity contribution in [1.82, 2.24) is 4.98 Å². The molecule has 19 heavy (non-hydrogen) atoms. The van der Waals surface area contributed by atoms with E-state index in [1.165, 1.54) is 25.7 Å². The lowest BCUT2D eigenvalue weighted by Gasteiger charge is -2.37. The number of aromatic nitrogens is 1. The van der Waals surface area contributed by atoms with Gasteiger partial charge in [-0.2, -0.15) is 0 Å². The number of pyridine rings is 1. The molecule has 0 radical (unpaired) electrons. The second-order valence-corrected chi connectivity index (χ2v) is 5.31. The summed E-state index contributed by atoms with van der Waals surface area (Å²) < 4.78 is 0. The van der Waals surface area contributed by atoms with Crippen molar-refractivity contribution in [2.45, 2.75) is 38.6 Å². The minimum atomic E-state index is 0.0481. The molecule has 2 unspecified atom stereocenters. The second kappa shape index (κ2) is 5.91. The average Bonchev–Trinajstić information content (AvgIpc) is 2.46. The van der Waals surface area contributed by atoms with Crippen molar-refractivity contribution in [3.05, 3.63) is 23.9 Å². The van der Waals surface area contributed by atoms with E-state index in [9.17, 15) is 0 Å². The highest BCUT2D eigenvalue weighted by Gasteiger charge is 2.25. The lowest BCUT2D eigenvalue weighted by molar-refractivity contribution is 0.318. The van der Waals surface area contributed by atoms with Crippen molar-refractivity contribution in [3.63, 3.8) is 0 Å². The third-order valence-electron chi connectivity index (χ3n) is 4.03. The Morgan fingerprint density at radius 1 is 1.42 bits per heavy atom. The van der Waals surface area contributed by atoms with Crippen LogP contribution in [0.25, 0.3) is 0 Å². The molecule has 0 aromatic carbocycles. The molecule has 1 aromatic rings. The summed E-state index contributed by atoms with van der Waals surface area (Å²) in [6.07, 6.45) is 5.07. The summed E-state index contributed by atoms with van der Waals surface area (Å²) in [5, 5.41) is 11.7. The third-order valence-corrected chi connectivity index (χ3v) is 4.03. The van der Waals surface area contributed by atoms with Gasteiger partial charge in [0.2, 0.25) is 0 Å². The topological polar surface area (TPSA) is 74.7 Å².